The summed E-state index contributed by atoms with van der Waals surface area (Å²) in [5, 5.41) is 0.228. The lowest BCUT2D eigenvalue weighted by Crippen LogP contribution is -2.12. The Balaban J connectivity index is 2.80. The molecule has 0 spiro atoms. The molecule has 0 fully saturated rings. The first-order valence-electron chi connectivity index (χ1n) is 5.51. The largest absolute Gasteiger partial charge is 0.366 e. The number of hydrogen-bond acceptors (Lipinski definition) is 2. The molecule has 2 N–H and O–H groups in total. The highest BCUT2D eigenvalue weighted by Crippen LogP contribution is 2.24. The quantitative estimate of drug-likeness (QED) is 0.883. The van der Waals surface area contributed by atoms with Gasteiger partial charge in [-0.25, -0.2) is 4.39 Å². The van der Waals surface area contributed by atoms with Crippen LogP contribution in [-0.4, -0.2) is 10.9 Å². The van der Waals surface area contributed by atoms with Crippen molar-refractivity contribution in [3.8, 4) is 0 Å². The molecule has 0 bridgehead atoms. The van der Waals surface area contributed by atoms with E-state index in [1.165, 1.54) is 18.3 Å². The number of nitrogens with zero attached hydrogens (tertiary/aromatic N) is 1. The highest BCUT2D eigenvalue weighted by Gasteiger charge is 2.13. The summed E-state index contributed by atoms with van der Waals surface area (Å²) in [4.78, 5) is 15.4. The van der Waals surface area contributed by atoms with E-state index in [0.29, 0.717) is 5.52 Å². The lowest BCUT2D eigenvalue weighted by atomic mass is 10.0. The van der Waals surface area contributed by atoms with E-state index in [4.69, 9.17) is 5.73 Å². The summed E-state index contributed by atoms with van der Waals surface area (Å²) < 4.78 is 13.8. The Morgan fingerprint density at radius 2 is 2.18 bits per heavy atom. The van der Waals surface area contributed by atoms with E-state index in [2.05, 4.69) is 4.98 Å². The van der Waals surface area contributed by atoms with Gasteiger partial charge in [0.15, 0.2) is 0 Å². The van der Waals surface area contributed by atoms with Crippen LogP contribution in [-0.2, 0) is 6.42 Å². The first kappa shape index (κ1) is 11.5. The van der Waals surface area contributed by atoms with Gasteiger partial charge in [-0.2, -0.15) is 0 Å². The van der Waals surface area contributed by atoms with Gasteiger partial charge in [-0.3, -0.25) is 9.78 Å². The SMILES string of the molecule is CCCc1ccc(F)c2c(C(N)=O)ccnc12. The summed E-state index contributed by atoms with van der Waals surface area (Å²) in [6.07, 6.45) is 3.22. The number of rotatable bonds is 3. The standard InChI is InChI=1S/C13H13FN2O/c1-2-3-8-4-5-10(14)11-9(13(15)17)6-7-16-12(8)11/h4-7H,2-3H2,1H3,(H2,15,17). The zero-order valence-electron chi connectivity index (χ0n) is 9.53. The van der Waals surface area contributed by atoms with E-state index in [-0.39, 0.29) is 10.9 Å². The van der Waals surface area contributed by atoms with Gasteiger partial charge in [0, 0.05) is 11.6 Å². The van der Waals surface area contributed by atoms with Gasteiger partial charge in [-0.05, 0) is 24.1 Å². The fourth-order valence-electron chi connectivity index (χ4n) is 1.96. The highest BCUT2D eigenvalue weighted by molar-refractivity contribution is 6.06. The molecule has 1 aromatic heterocycles. The lowest BCUT2D eigenvalue weighted by molar-refractivity contribution is 0.100. The normalized spacial score (nSPS) is 10.7. The van der Waals surface area contributed by atoms with Crippen LogP contribution in [0.25, 0.3) is 10.9 Å². The number of fused-ring (bicyclic) bond motifs is 1. The van der Waals surface area contributed by atoms with Crippen molar-refractivity contribution in [2.24, 2.45) is 5.73 Å². The first-order chi connectivity index (χ1) is 8.15. The molecular weight excluding hydrogens is 219 g/mol. The Kier molecular flexibility index (Phi) is 3.04. The smallest absolute Gasteiger partial charge is 0.249 e. The van der Waals surface area contributed by atoms with Crippen molar-refractivity contribution in [2.45, 2.75) is 19.8 Å². The second-order valence-electron chi connectivity index (χ2n) is 3.90. The number of hydrogen-bond donors (Lipinski definition) is 1. The molecular formula is C13H13FN2O. The summed E-state index contributed by atoms with van der Waals surface area (Å²) in [7, 11) is 0. The summed E-state index contributed by atoms with van der Waals surface area (Å²) in [5.41, 5.74) is 6.89. The number of pyridine rings is 1. The van der Waals surface area contributed by atoms with Crippen LogP contribution in [0.5, 0.6) is 0 Å². The van der Waals surface area contributed by atoms with Gasteiger partial charge in [0.25, 0.3) is 0 Å². The van der Waals surface area contributed by atoms with Crippen molar-refractivity contribution >= 4 is 16.8 Å². The highest BCUT2D eigenvalue weighted by atomic mass is 19.1. The zero-order valence-corrected chi connectivity index (χ0v) is 9.53. The molecule has 17 heavy (non-hydrogen) atoms. The molecule has 88 valence electrons. The van der Waals surface area contributed by atoms with Crippen molar-refractivity contribution in [3.05, 3.63) is 41.3 Å². The molecule has 3 nitrogen and oxygen atoms in total. The predicted molar refractivity (Wildman–Crippen MR) is 64.2 cm³/mol. The van der Waals surface area contributed by atoms with Gasteiger partial charge in [-0.1, -0.05) is 19.4 Å². The maximum absolute atomic E-state index is 13.8. The van der Waals surface area contributed by atoms with E-state index in [1.807, 2.05) is 6.92 Å². The average molecular weight is 232 g/mol. The number of nitrogens with two attached hydrogens (primary N) is 1. The lowest BCUT2D eigenvalue weighted by Gasteiger charge is -2.08. The number of aromatic nitrogens is 1. The molecule has 1 aromatic carbocycles. The molecule has 2 rings (SSSR count). The van der Waals surface area contributed by atoms with Crippen LogP contribution < -0.4 is 5.73 Å². The Morgan fingerprint density at radius 1 is 1.41 bits per heavy atom. The number of benzene rings is 1. The third-order valence-corrected chi connectivity index (χ3v) is 2.71. The second-order valence-corrected chi connectivity index (χ2v) is 3.90. The third-order valence-electron chi connectivity index (χ3n) is 2.71. The minimum Gasteiger partial charge on any atom is -0.366 e. The summed E-state index contributed by atoms with van der Waals surface area (Å²) in [6, 6.07) is 4.52. The molecule has 1 amide bonds. The summed E-state index contributed by atoms with van der Waals surface area (Å²) in [5.74, 6) is -1.09. The Bertz CT molecular complexity index is 581. The minimum absolute atomic E-state index is 0.186. The van der Waals surface area contributed by atoms with Crippen LogP contribution in [0.2, 0.25) is 0 Å². The predicted octanol–water partition coefficient (Wildman–Crippen LogP) is 2.43. The minimum atomic E-state index is -0.634. The maximum Gasteiger partial charge on any atom is 0.249 e. The average Bonchev–Trinajstić information content (AvgIpc) is 2.32. The number of carbonyl (C=O) groups is 1. The molecule has 0 aliphatic carbocycles. The number of aryl methyl sites for hydroxylation is 1. The number of primary amides is 1. The van der Waals surface area contributed by atoms with Crippen LogP contribution >= 0.6 is 0 Å². The van der Waals surface area contributed by atoms with Crippen LogP contribution in [0, 0.1) is 5.82 Å². The summed E-state index contributed by atoms with van der Waals surface area (Å²) >= 11 is 0. The molecule has 1 heterocycles. The molecule has 0 radical (unpaired) electrons. The maximum atomic E-state index is 13.8. The number of halogens is 1. The van der Waals surface area contributed by atoms with Crippen LogP contribution in [0.4, 0.5) is 4.39 Å². The van der Waals surface area contributed by atoms with E-state index in [1.54, 1.807) is 6.07 Å². The van der Waals surface area contributed by atoms with Crippen molar-refractivity contribution in [1.29, 1.82) is 0 Å². The Hall–Kier alpha value is -1.97. The van der Waals surface area contributed by atoms with Gasteiger partial charge in [0.1, 0.15) is 5.82 Å². The van der Waals surface area contributed by atoms with Crippen LogP contribution in [0.1, 0.15) is 29.3 Å². The Labute approximate surface area is 98.5 Å². The van der Waals surface area contributed by atoms with Gasteiger partial charge >= 0.3 is 0 Å². The number of amides is 1. The number of carbonyl (C=O) groups excluding carboxylic acids is 1. The van der Waals surface area contributed by atoms with Crippen molar-refractivity contribution < 1.29 is 9.18 Å². The first-order valence-corrected chi connectivity index (χ1v) is 5.51. The monoisotopic (exact) mass is 232 g/mol. The van der Waals surface area contributed by atoms with Crippen molar-refractivity contribution in [3.63, 3.8) is 0 Å². The fourth-order valence-corrected chi connectivity index (χ4v) is 1.96. The molecule has 0 saturated carbocycles. The molecule has 0 atom stereocenters. The van der Waals surface area contributed by atoms with Gasteiger partial charge < -0.3 is 5.73 Å². The second kappa shape index (κ2) is 4.49. The molecule has 0 unspecified atom stereocenters. The van der Waals surface area contributed by atoms with Crippen LogP contribution in [0.15, 0.2) is 24.4 Å². The zero-order chi connectivity index (χ0) is 12.4. The molecule has 4 heteroatoms. The van der Waals surface area contributed by atoms with Crippen molar-refractivity contribution in [2.75, 3.05) is 0 Å². The molecule has 2 aromatic rings. The summed E-state index contributed by atoms with van der Waals surface area (Å²) in [6.45, 7) is 2.03. The molecule has 0 aliphatic rings. The van der Waals surface area contributed by atoms with E-state index in [0.717, 1.165) is 18.4 Å². The third kappa shape index (κ3) is 1.98. The van der Waals surface area contributed by atoms with Crippen molar-refractivity contribution in [1.82, 2.24) is 4.98 Å². The van der Waals surface area contributed by atoms with E-state index < -0.39 is 11.7 Å². The topological polar surface area (TPSA) is 56.0 Å². The fraction of sp³-hybridized carbons (Fsp3) is 0.231. The van der Waals surface area contributed by atoms with Gasteiger partial charge in [-0.15, -0.1) is 0 Å². The van der Waals surface area contributed by atoms with Gasteiger partial charge in [0.05, 0.1) is 11.1 Å². The molecule has 0 saturated heterocycles. The molecule has 0 aliphatic heterocycles. The van der Waals surface area contributed by atoms with E-state index >= 15 is 0 Å². The van der Waals surface area contributed by atoms with Gasteiger partial charge in [0.2, 0.25) is 5.91 Å². The van der Waals surface area contributed by atoms with Crippen LogP contribution in [0.3, 0.4) is 0 Å². The Morgan fingerprint density at radius 3 is 2.82 bits per heavy atom. The van der Waals surface area contributed by atoms with E-state index in [9.17, 15) is 9.18 Å².